The van der Waals surface area contributed by atoms with Crippen LogP contribution in [0.5, 0.6) is 0 Å². The molecule has 1 aromatic rings. The summed E-state index contributed by atoms with van der Waals surface area (Å²) in [6.45, 7) is 1.66. The van der Waals surface area contributed by atoms with Crippen LogP contribution in [0.4, 0.5) is 0 Å². The van der Waals surface area contributed by atoms with E-state index in [0.717, 1.165) is 12.8 Å². The number of thiophene rings is 1. The first-order valence-electron chi connectivity index (χ1n) is 4.52. The summed E-state index contributed by atoms with van der Waals surface area (Å²) in [4.78, 5) is 12.3. The number of Topliss-reactive ketones (excluding diaryl/α,β-unsaturated/α-hetero) is 1. The van der Waals surface area contributed by atoms with Crippen molar-refractivity contribution in [3.05, 3.63) is 27.5 Å². The van der Waals surface area contributed by atoms with Crippen LogP contribution in [-0.2, 0) is 17.6 Å². The van der Waals surface area contributed by atoms with Crippen molar-refractivity contribution in [3.63, 3.8) is 0 Å². The fourth-order valence-electron chi connectivity index (χ4n) is 1.69. The van der Waals surface area contributed by atoms with Crippen LogP contribution >= 0.6 is 11.3 Å². The van der Waals surface area contributed by atoms with Crippen molar-refractivity contribution in [1.29, 1.82) is 0 Å². The van der Waals surface area contributed by atoms with Gasteiger partial charge in [0, 0.05) is 11.3 Å². The van der Waals surface area contributed by atoms with Gasteiger partial charge < -0.3 is 0 Å². The Balaban J connectivity index is 2.32. The maximum absolute atomic E-state index is 11.0. The lowest BCUT2D eigenvalue weighted by Crippen LogP contribution is -2.00. The lowest BCUT2D eigenvalue weighted by molar-refractivity contribution is -0.116. The topological polar surface area (TPSA) is 17.1 Å². The monoisotopic (exact) mass is 192 g/mol. The molecule has 0 fully saturated rings. The van der Waals surface area contributed by atoms with Crippen LogP contribution in [0.15, 0.2) is 11.5 Å². The number of ketones is 1. The molecule has 0 spiro atoms. The van der Waals surface area contributed by atoms with Crippen LogP contribution in [0.1, 0.15) is 29.3 Å². The summed E-state index contributed by atoms with van der Waals surface area (Å²) in [5, 5.41) is 2.13. The normalized spacial score (nSPS) is 14.2. The average molecular weight is 192 g/mol. The minimum absolute atomic E-state index is 0.259. The molecule has 13 heavy (non-hydrogen) atoms. The van der Waals surface area contributed by atoms with Crippen molar-refractivity contribution in [1.82, 2.24) is 0 Å². The third kappa shape index (κ3) is 1.73. The number of carbonyl (C=O) groups excluding carboxylic acids is 1. The lowest BCUT2D eigenvalue weighted by atomic mass is 9.98. The van der Waals surface area contributed by atoms with Gasteiger partial charge in [-0.3, -0.25) is 4.79 Å². The van der Waals surface area contributed by atoms with Gasteiger partial charge in [0.2, 0.25) is 0 Å². The van der Waals surface area contributed by atoms with E-state index in [0.29, 0.717) is 6.42 Å². The molecule has 1 aliphatic carbocycles. The van der Waals surface area contributed by atoms with E-state index in [9.17, 15) is 4.79 Å². The van der Waals surface area contributed by atoms with E-state index in [2.05, 4.69) is 17.5 Å². The minimum Gasteiger partial charge on any atom is -0.300 e. The van der Waals surface area contributed by atoms with Gasteiger partial charge in [0.25, 0.3) is 0 Å². The molecular formula is C11H12OS. The summed E-state index contributed by atoms with van der Waals surface area (Å²) in [6, 6.07) is 0. The van der Waals surface area contributed by atoms with E-state index in [1.807, 2.05) is 0 Å². The van der Waals surface area contributed by atoms with E-state index in [1.54, 1.807) is 18.3 Å². The van der Waals surface area contributed by atoms with Gasteiger partial charge in [0.15, 0.2) is 0 Å². The fraction of sp³-hybridized carbons (Fsp3) is 0.364. The average Bonchev–Trinajstić information content (AvgIpc) is 2.48. The highest BCUT2D eigenvalue weighted by atomic mass is 32.1. The highest BCUT2D eigenvalue weighted by Crippen LogP contribution is 2.29. The zero-order valence-electron chi connectivity index (χ0n) is 7.67. The number of hydrogen-bond acceptors (Lipinski definition) is 2. The van der Waals surface area contributed by atoms with Crippen molar-refractivity contribution in [3.8, 4) is 0 Å². The second-order valence-corrected chi connectivity index (χ2v) is 4.33. The highest BCUT2D eigenvalue weighted by Gasteiger charge is 2.12. The van der Waals surface area contributed by atoms with Crippen molar-refractivity contribution >= 4 is 23.2 Å². The first-order valence-corrected chi connectivity index (χ1v) is 5.40. The molecule has 68 valence electrons. The van der Waals surface area contributed by atoms with E-state index in [1.165, 1.54) is 16.0 Å². The molecule has 0 saturated heterocycles. The molecule has 0 atom stereocenters. The maximum Gasteiger partial charge on any atom is 0.134 e. The molecule has 0 aliphatic heterocycles. The molecule has 0 unspecified atom stereocenters. The number of fused-ring (bicyclic) bond motifs is 1. The molecule has 1 aliphatic rings. The summed E-state index contributed by atoms with van der Waals surface area (Å²) in [6.07, 6.45) is 7.22. The standard InChI is InChI=1S/C11H12OS/c1-8(12)6-9-7-13-11-5-3-2-4-10(9)11/h3,5,7H,2,4,6H2,1H3. The van der Waals surface area contributed by atoms with Crippen LogP contribution in [0.2, 0.25) is 0 Å². The minimum atomic E-state index is 0.259. The largest absolute Gasteiger partial charge is 0.300 e. The Morgan fingerprint density at radius 2 is 2.46 bits per heavy atom. The van der Waals surface area contributed by atoms with Crippen LogP contribution in [0.3, 0.4) is 0 Å². The number of hydrogen-bond donors (Lipinski definition) is 0. The van der Waals surface area contributed by atoms with Crippen molar-refractivity contribution in [2.45, 2.75) is 26.2 Å². The van der Waals surface area contributed by atoms with E-state index < -0.39 is 0 Å². The quantitative estimate of drug-likeness (QED) is 0.704. The molecule has 0 bridgehead atoms. The Labute approximate surface area is 82.1 Å². The maximum atomic E-state index is 11.0. The van der Waals surface area contributed by atoms with Gasteiger partial charge >= 0.3 is 0 Å². The molecule has 1 nitrogen and oxygen atoms in total. The van der Waals surface area contributed by atoms with Gasteiger partial charge in [-0.2, -0.15) is 0 Å². The van der Waals surface area contributed by atoms with Gasteiger partial charge in [-0.05, 0) is 42.3 Å². The smallest absolute Gasteiger partial charge is 0.134 e. The summed E-state index contributed by atoms with van der Waals surface area (Å²) in [7, 11) is 0. The van der Waals surface area contributed by atoms with Gasteiger partial charge in [-0.25, -0.2) is 0 Å². The van der Waals surface area contributed by atoms with Gasteiger partial charge in [-0.1, -0.05) is 6.08 Å². The molecule has 1 heterocycles. The molecule has 0 aromatic carbocycles. The number of allylic oxidation sites excluding steroid dienone is 1. The molecule has 0 N–H and O–H groups in total. The van der Waals surface area contributed by atoms with Crippen molar-refractivity contribution in [2.24, 2.45) is 0 Å². The van der Waals surface area contributed by atoms with E-state index >= 15 is 0 Å². The number of rotatable bonds is 2. The highest BCUT2D eigenvalue weighted by molar-refractivity contribution is 7.11. The molecule has 0 amide bonds. The Morgan fingerprint density at radius 3 is 3.23 bits per heavy atom. The Morgan fingerprint density at radius 1 is 1.62 bits per heavy atom. The summed E-state index contributed by atoms with van der Waals surface area (Å²) < 4.78 is 0. The number of carbonyl (C=O) groups is 1. The zero-order valence-corrected chi connectivity index (χ0v) is 8.49. The Hall–Kier alpha value is -0.890. The third-order valence-corrected chi connectivity index (χ3v) is 3.32. The molecule has 0 saturated carbocycles. The Kier molecular flexibility index (Phi) is 2.32. The van der Waals surface area contributed by atoms with Crippen LogP contribution in [0.25, 0.3) is 6.08 Å². The van der Waals surface area contributed by atoms with Crippen molar-refractivity contribution < 1.29 is 4.79 Å². The van der Waals surface area contributed by atoms with Gasteiger partial charge in [-0.15, -0.1) is 11.3 Å². The van der Waals surface area contributed by atoms with Gasteiger partial charge in [0.1, 0.15) is 5.78 Å². The molecule has 2 rings (SSSR count). The van der Waals surface area contributed by atoms with E-state index in [-0.39, 0.29) is 5.78 Å². The van der Waals surface area contributed by atoms with Crippen LogP contribution in [-0.4, -0.2) is 5.78 Å². The fourth-order valence-corrected chi connectivity index (χ4v) is 2.74. The predicted octanol–water partition coefficient (Wildman–Crippen LogP) is 2.84. The summed E-state index contributed by atoms with van der Waals surface area (Å²) >= 11 is 1.75. The van der Waals surface area contributed by atoms with Crippen molar-refractivity contribution in [2.75, 3.05) is 0 Å². The molecular weight excluding hydrogens is 180 g/mol. The predicted molar refractivity (Wildman–Crippen MR) is 56.1 cm³/mol. The molecule has 1 aromatic heterocycles. The van der Waals surface area contributed by atoms with Crippen LogP contribution in [0, 0.1) is 0 Å². The molecule has 2 heteroatoms. The molecule has 0 radical (unpaired) electrons. The second kappa shape index (κ2) is 3.46. The first kappa shape index (κ1) is 8.70. The zero-order chi connectivity index (χ0) is 9.26. The lowest BCUT2D eigenvalue weighted by Gasteiger charge is -2.06. The SMILES string of the molecule is CC(=O)Cc1csc2c1CCC=C2. The Bertz CT molecular complexity index is 360. The summed E-state index contributed by atoms with van der Waals surface area (Å²) in [5.74, 6) is 0.259. The van der Waals surface area contributed by atoms with Crippen LogP contribution < -0.4 is 0 Å². The summed E-state index contributed by atoms with van der Waals surface area (Å²) in [5.41, 5.74) is 2.65. The van der Waals surface area contributed by atoms with Gasteiger partial charge in [0.05, 0.1) is 0 Å². The third-order valence-electron chi connectivity index (χ3n) is 2.28. The van der Waals surface area contributed by atoms with E-state index in [4.69, 9.17) is 0 Å². The second-order valence-electron chi connectivity index (χ2n) is 3.42. The first-order chi connectivity index (χ1) is 6.27.